The van der Waals surface area contributed by atoms with Crippen molar-refractivity contribution < 1.29 is 9.53 Å². The molecule has 0 saturated carbocycles. The minimum Gasteiger partial charge on any atom is -0.435 e. The van der Waals surface area contributed by atoms with Crippen LogP contribution in [-0.4, -0.2) is 16.7 Å². The predicted octanol–water partition coefficient (Wildman–Crippen LogP) is 7.37. The van der Waals surface area contributed by atoms with Gasteiger partial charge in [-0.15, -0.1) is 23.2 Å². The Morgan fingerprint density at radius 1 is 0.875 bits per heavy atom. The Bertz CT molecular complexity index is 308. The first kappa shape index (κ1) is 23.8. The van der Waals surface area contributed by atoms with Gasteiger partial charge in [0, 0.05) is 17.2 Å². The largest absolute Gasteiger partial charge is 0.435 e. The van der Waals surface area contributed by atoms with E-state index in [1.54, 1.807) is 0 Å². The first-order chi connectivity index (χ1) is 11.6. The molecule has 0 radical (unpaired) electrons. The van der Waals surface area contributed by atoms with Crippen LogP contribution in [-0.2, 0) is 9.53 Å². The van der Waals surface area contributed by atoms with Crippen molar-refractivity contribution in [3.63, 3.8) is 0 Å². The zero-order chi connectivity index (χ0) is 18.0. The third kappa shape index (κ3) is 15.3. The maximum Gasteiger partial charge on any atom is 0.310 e. The lowest BCUT2D eigenvalue weighted by Gasteiger charge is -2.16. The van der Waals surface area contributed by atoms with E-state index in [1.165, 1.54) is 44.8 Å². The molecule has 24 heavy (non-hydrogen) atoms. The van der Waals surface area contributed by atoms with Gasteiger partial charge in [0.15, 0.2) is 0 Å². The van der Waals surface area contributed by atoms with Crippen molar-refractivity contribution in [2.24, 2.45) is 0 Å². The van der Waals surface area contributed by atoms with E-state index in [9.17, 15) is 4.79 Å². The van der Waals surface area contributed by atoms with Gasteiger partial charge in [0.2, 0.25) is 0 Å². The molecule has 0 bridgehead atoms. The molecule has 2 atom stereocenters. The molecule has 0 heterocycles. The summed E-state index contributed by atoms with van der Waals surface area (Å²) in [6, 6.07) is 0. The molecule has 4 heteroatoms. The summed E-state index contributed by atoms with van der Waals surface area (Å²) in [7, 11) is 0. The van der Waals surface area contributed by atoms with E-state index in [0.29, 0.717) is 6.42 Å². The fraction of sp³-hybridized carbons (Fsp3) is 0.850. The van der Waals surface area contributed by atoms with Crippen LogP contribution in [0.15, 0.2) is 12.8 Å². The molecule has 0 aliphatic heterocycles. The van der Waals surface area contributed by atoms with Crippen molar-refractivity contribution in [1.29, 1.82) is 0 Å². The van der Waals surface area contributed by atoms with Crippen LogP contribution in [0.1, 0.15) is 96.8 Å². The lowest BCUT2D eigenvalue weighted by Crippen LogP contribution is -2.14. The number of alkyl halides is 2. The number of ether oxygens (including phenoxy) is 1. The van der Waals surface area contributed by atoms with E-state index in [-0.39, 0.29) is 16.7 Å². The molecule has 0 aliphatic rings. The molecule has 2 unspecified atom stereocenters. The highest BCUT2D eigenvalue weighted by Crippen LogP contribution is 2.23. The summed E-state index contributed by atoms with van der Waals surface area (Å²) in [6.07, 6.45) is 16.8. The molecule has 0 aromatic heterocycles. The van der Waals surface area contributed by atoms with E-state index >= 15 is 0 Å². The van der Waals surface area contributed by atoms with Gasteiger partial charge in [-0.3, -0.25) is 4.79 Å². The van der Waals surface area contributed by atoms with E-state index in [4.69, 9.17) is 23.2 Å². The monoisotopic (exact) mass is 378 g/mol. The van der Waals surface area contributed by atoms with Crippen LogP contribution >= 0.6 is 23.2 Å². The van der Waals surface area contributed by atoms with Crippen LogP contribution in [0.3, 0.4) is 0 Å². The fourth-order valence-corrected chi connectivity index (χ4v) is 3.33. The van der Waals surface area contributed by atoms with Gasteiger partial charge in [-0.2, -0.15) is 0 Å². The molecule has 2 nitrogen and oxygen atoms in total. The molecular formula is C20H36Cl2O2. The molecule has 0 rings (SSSR count). The summed E-state index contributed by atoms with van der Waals surface area (Å²) in [5.41, 5.74) is 0. The molecule has 0 aliphatic carbocycles. The van der Waals surface area contributed by atoms with Gasteiger partial charge < -0.3 is 4.74 Å². The molecule has 0 N–H and O–H groups in total. The first-order valence-electron chi connectivity index (χ1n) is 9.70. The van der Waals surface area contributed by atoms with Gasteiger partial charge in [0.25, 0.3) is 0 Å². The number of unbranched alkanes of at least 4 members (excludes halogenated alkanes) is 9. The second kappa shape index (κ2) is 17.6. The number of hydrogen-bond donors (Lipinski definition) is 0. The summed E-state index contributed by atoms with van der Waals surface area (Å²) >= 11 is 12.8. The minimum absolute atomic E-state index is 0.0878. The minimum atomic E-state index is -0.189. The second-order valence-electron chi connectivity index (χ2n) is 6.55. The quantitative estimate of drug-likeness (QED) is 0.114. The van der Waals surface area contributed by atoms with Crippen molar-refractivity contribution in [3.05, 3.63) is 12.8 Å². The van der Waals surface area contributed by atoms with Gasteiger partial charge in [-0.25, -0.2) is 0 Å². The molecule has 0 aromatic rings. The molecule has 142 valence electrons. The normalized spacial score (nSPS) is 13.5. The third-order valence-corrected chi connectivity index (χ3v) is 5.48. The predicted molar refractivity (Wildman–Crippen MR) is 106 cm³/mol. The fourth-order valence-electron chi connectivity index (χ4n) is 2.77. The number of esters is 1. The first-order valence-corrected chi connectivity index (χ1v) is 10.6. The van der Waals surface area contributed by atoms with Crippen molar-refractivity contribution in [2.45, 2.75) is 108 Å². The molecule has 0 aromatic carbocycles. The van der Waals surface area contributed by atoms with Crippen molar-refractivity contribution in [3.8, 4) is 0 Å². The van der Waals surface area contributed by atoms with Gasteiger partial charge >= 0.3 is 5.97 Å². The Hall–Kier alpha value is -0.210. The smallest absolute Gasteiger partial charge is 0.310 e. The number of carbonyl (C=O) groups excluding carboxylic acids is 1. The summed E-state index contributed by atoms with van der Waals surface area (Å²) in [5, 5.41) is 0.191. The number of rotatable bonds is 17. The van der Waals surface area contributed by atoms with Crippen LogP contribution in [0.2, 0.25) is 0 Å². The zero-order valence-corrected chi connectivity index (χ0v) is 16.9. The Labute approximate surface area is 159 Å². The number of halogens is 2. The van der Waals surface area contributed by atoms with E-state index in [0.717, 1.165) is 44.9 Å². The van der Waals surface area contributed by atoms with Crippen LogP contribution < -0.4 is 0 Å². The molecule has 0 fully saturated rings. The maximum atomic E-state index is 11.1. The number of carbonyl (C=O) groups is 1. The summed E-state index contributed by atoms with van der Waals surface area (Å²) in [5.74, 6) is -0.189. The Balaban J connectivity index is 3.42. The Morgan fingerprint density at radius 3 is 1.83 bits per heavy atom. The molecule has 0 saturated heterocycles. The van der Waals surface area contributed by atoms with E-state index < -0.39 is 0 Å². The van der Waals surface area contributed by atoms with Crippen LogP contribution in [0.25, 0.3) is 0 Å². The van der Waals surface area contributed by atoms with Crippen LogP contribution in [0.4, 0.5) is 0 Å². The van der Waals surface area contributed by atoms with E-state index in [1.807, 2.05) is 0 Å². The Kier molecular flexibility index (Phi) is 17.5. The van der Waals surface area contributed by atoms with Crippen LogP contribution in [0.5, 0.6) is 0 Å². The average molecular weight is 379 g/mol. The Morgan fingerprint density at radius 2 is 1.33 bits per heavy atom. The third-order valence-electron chi connectivity index (χ3n) is 4.30. The zero-order valence-electron chi connectivity index (χ0n) is 15.4. The summed E-state index contributed by atoms with van der Waals surface area (Å²) < 4.78 is 4.68. The topological polar surface area (TPSA) is 26.3 Å². The second-order valence-corrected chi connectivity index (χ2v) is 7.67. The highest BCUT2D eigenvalue weighted by molar-refractivity contribution is 6.29. The summed E-state index contributed by atoms with van der Waals surface area (Å²) in [4.78, 5) is 11.1. The van der Waals surface area contributed by atoms with Gasteiger partial charge in [-0.05, 0) is 19.3 Å². The molecular weight excluding hydrogens is 343 g/mol. The van der Waals surface area contributed by atoms with Crippen molar-refractivity contribution >= 4 is 29.2 Å². The van der Waals surface area contributed by atoms with Gasteiger partial charge in [0.1, 0.15) is 0 Å². The molecule has 0 amide bonds. The van der Waals surface area contributed by atoms with Crippen LogP contribution in [0, 0.1) is 0 Å². The standard InChI is InChI=1S/C20H36Cl2O2/c1-3-5-6-7-9-12-15-18(21)19(22)16-13-10-8-11-14-17-20(23)24-4-2/h4,18-19H,2-3,5-17H2,1H3. The lowest BCUT2D eigenvalue weighted by atomic mass is 10.0. The maximum absolute atomic E-state index is 11.1. The molecule has 0 spiro atoms. The van der Waals surface area contributed by atoms with E-state index in [2.05, 4.69) is 18.2 Å². The lowest BCUT2D eigenvalue weighted by molar-refractivity contribution is -0.138. The average Bonchev–Trinajstić information content (AvgIpc) is 2.56. The highest BCUT2D eigenvalue weighted by atomic mass is 35.5. The van der Waals surface area contributed by atoms with Gasteiger partial charge in [0.05, 0.1) is 6.26 Å². The van der Waals surface area contributed by atoms with Gasteiger partial charge in [-0.1, -0.05) is 77.7 Å². The summed E-state index contributed by atoms with van der Waals surface area (Å²) in [6.45, 7) is 5.61. The number of hydrogen-bond acceptors (Lipinski definition) is 2. The SMILES string of the molecule is C=COC(=O)CCCCCCCC(Cl)C(Cl)CCCCCCCC. The van der Waals surface area contributed by atoms with Crippen molar-refractivity contribution in [2.75, 3.05) is 0 Å². The highest BCUT2D eigenvalue weighted by Gasteiger charge is 2.15. The van der Waals surface area contributed by atoms with Crippen molar-refractivity contribution in [1.82, 2.24) is 0 Å².